The van der Waals surface area contributed by atoms with Crippen molar-refractivity contribution in [2.45, 2.75) is 47.0 Å². The van der Waals surface area contributed by atoms with Crippen molar-refractivity contribution >= 4 is 11.8 Å². The van der Waals surface area contributed by atoms with Crippen LogP contribution in [0.15, 0.2) is 6.07 Å². The SMILES string of the molecule is CCCCCNc1cc(C)nc(N(CC)CC)n1. The van der Waals surface area contributed by atoms with E-state index in [4.69, 9.17) is 0 Å². The minimum atomic E-state index is 0.831. The van der Waals surface area contributed by atoms with Gasteiger partial charge in [0.25, 0.3) is 0 Å². The van der Waals surface area contributed by atoms with Crippen molar-refractivity contribution in [1.29, 1.82) is 0 Å². The van der Waals surface area contributed by atoms with Crippen molar-refractivity contribution < 1.29 is 0 Å². The predicted octanol–water partition coefficient (Wildman–Crippen LogP) is 3.23. The summed E-state index contributed by atoms with van der Waals surface area (Å²) in [6, 6.07) is 2.01. The number of hydrogen-bond donors (Lipinski definition) is 1. The van der Waals surface area contributed by atoms with E-state index in [-0.39, 0.29) is 0 Å². The number of anilines is 2. The first kappa shape index (κ1) is 14.7. The lowest BCUT2D eigenvalue weighted by atomic mass is 10.2. The topological polar surface area (TPSA) is 41.1 Å². The molecule has 102 valence electrons. The van der Waals surface area contributed by atoms with Crippen molar-refractivity contribution in [3.05, 3.63) is 11.8 Å². The molecule has 0 bridgehead atoms. The quantitative estimate of drug-likeness (QED) is 0.719. The van der Waals surface area contributed by atoms with Gasteiger partial charge in [0.15, 0.2) is 0 Å². The Hall–Kier alpha value is -1.32. The van der Waals surface area contributed by atoms with Crippen LogP contribution < -0.4 is 10.2 Å². The molecule has 0 aliphatic heterocycles. The molecule has 0 aliphatic carbocycles. The molecule has 1 aromatic heterocycles. The minimum absolute atomic E-state index is 0.831. The fraction of sp³-hybridized carbons (Fsp3) is 0.714. The second-order valence-corrected chi connectivity index (χ2v) is 4.50. The van der Waals surface area contributed by atoms with Crippen molar-refractivity contribution in [3.63, 3.8) is 0 Å². The molecule has 0 aromatic carbocycles. The Morgan fingerprint density at radius 1 is 1.11 bits per heavy atom. The molecule has 0 spiro atoms. The fourth-order valence-electron chi connectivity index (χ4n) is 1.88. The van der Waals surface area contributed by atoms with Gasteiger partial charge in [0.1, 0.15) is 5.82 Å². The normalized spacial score (nSPS) is 10.4. The molecule has 18 heavy (non-hydrogen) atoms. The Labute approximate surface area is 111 Å². The second-order valence-electron chi connectivity index (χ2n) is 4.50. The molecular weight excluding hydrogens is 224 g/mol. The summed E-state index contributed by atoms with van der Waals surface area (Å²) in [6.45, 7) is 11.4. The standard InChI is InChI=1S/C14H26N4/c1-5-8-9-10-15-13-11-12(4)16-14(17-13)18(6-2)7-3/h11H,5-10H2,1-4H3,(H,15,16,17). The van der Waals surface area contributed by atoms with E-state index < -0.39 is 0 Å². The molecule has 0 saturated carbocycles. The largest absolute Gasteiger partial charge is 0.370 e. The zero-order valence-corrected chi connectivity index (χ0v) is 12.2. The van der Waals surface area contributed by atoms with E-state index in [0.717, 1.165) is 37.1 Å². The van der Waals surface area contributed by atoms with Gasteiger partial charge in [-0.1, -0.05) is 19.8 Å². The van der Waals surface area contributed by atoms with Gasteiger partial charge in [-0.25, -0.2) is 4.98 Å². The molecule has 1 heterocycles. The second kappa shape index (κ2) is 7.90. The first-order chi connectivity index (χ1) is 8.71. The Morgan fingerprint density at radius 3 is 2.44 bits per heavy atom. The summed E-state index contributed by atoms with van der Waals surface area (Å²) in [7, 11) is 0. The van der Waals surface area contributed by atoms with E-state index in [2.05, 4.69) is 41.0 Å². The summed E-state index contributed by atoms with van der Waals surface area (Å²) in [4.78, 5) is 11.2. The number of aromatic nitrogens is 2. The summed E-state index contributed by atoms with van der Waals surface area (Å²) >= 11 is 0. The van der Waals surface area contributed by atoms with Crippen LogP contribution in [0.1, 0.15) is 45.7 Å². The van der Waals surface area contributed by atoms with Crippen LogP contribution in [0.2, 0.25) is 0 Å². The van der Waals surface area contributed by atoms with Gasteiger partial charge in [-0.05, 0) is 27.2 Å². The Bertz CT molecular complexity index is 348. The van der Waals surface area contributed by atoms with Gasteiger partial charge in [-0.15, -0.1) is 0 Å². The average Bonchev–Trinajstić information content (AvgIpc) is 2.36. The third-order valence-corrected chi connectivity index (χ3v) is 2.98. The van der Waals surface area contributed by atoms with E-state index in [9.17, 15) is 0 Å². The summed E-state index contributed by atoms with van der Waals surface area (Å²) in [6.07, 6.45) is 3.70. The van der Waals surface area contributed by atoms with Crippen LogP contribution in [0.25, 0.3) is 0 Å². The van der Waals surface area contributed by atoms with Crippen molar-refractivity contribution in [3.8, 4) is 0 Å². The van der Waals surface area contributed by atoms with Gasteiger partial charge in [0.05, 0.1) is 0 Å². The van der Waals surface area contributed by atoms with Crippen molar-refractivity contribution in [2.24, 2.45) is 0 Å². The van der Waals surface area contributed by atoms with Gasteiger partial charge < -0.3 is 10.2 Å². The van der Waals surface area contributed by atoms with Crippen LogP contribution in [0.5, 0.6) is 0 Å². The fourth-order valence-corrected chi connectivity index (χ4v) is 1.88. The third kappa shape index (κ3) is 4.51. The molecule has 0 radical (unpaired) electrons. The zero-order chi connectivity index (χ0) is 13.4. The van der Waals surface area contributed by atoms with Crippen LogP contribution >= 0.6 is 0 Å². The minimum Gasteiger partial charge on any atom is -0.370 e. The van der Waals surface area contributed by atoms with E-state index in [1.807, 2.05) is 13.0 Å². The lowest BCUT2D eigenvalue weighted by Gasteiger charge is -2.19. The Morgan fingerprint density at radius 2 is 1.83 bits per heavy atom. The highest BCUT2D eigenvalue weighted by Gasteiger charge is 2.07. The van der Waals surface area contributed by atoms with Crippen molar-refractivity contribution in [2.75, 3.05) is 29.9 Å². The lowest BCUT2D eigenvalue weighted by Crippen LogP contribution is -2.24. The number of unbranched alkanes of at least 4 members (excludes halogenated alkanes) is 2. The van der Waals surface area contributed by atoms with Gasteiger partial charge in [0.2, 0.25) is 5.95 Å². The number of rotatable bonds is 8. The van der Waals surface area contributed by atoms with E-state index in [1.165, 1.54) is 19.3 Å². The first-order valence-electron chi connectivity index (χ1n) is 7.05. The lowest BCUT2D eigenvalue weighted by molar-refractivity contribution is 0.741. The Balaban J connectivity index is 2.68. The molecule has 0 amide bonds. The van der Waals surface area contributed by atoms with Crippen LogP contribution in [0.4, 0.5) is 11.8 Å². The van der Waals surface area contributed by atoms with Gasteiger partial charge in [-0.2, -0.15) is 4.98 Å². The smallest absolute Gasteiger partial charge is 0.227 e. The summed E-state index contributed by atoms with van der Waals surface area (Å²) in [5.74, 6) is 1.78. The molecular formula is C14H26N4. The van der Waals surface area contributed by atoms with E-state index >= 15 is 0 Å². The zero-order valence-electron chi connectivity index (χ0n) is 12.2. The highest BCUT2D eigenvalue weighted by Crippen LogP contribution is 2.13. The average molecular weight is 250 g/mol. The molecule has 0 fully saturated rings. The van der Waals surface area contributed by atoms with Crippen LogP contribution in [0, 0.1) is 6.92 Å². The molecule has 1 aromatic rings. The molecule has 4 heteroatoms. The molecule has 0 aliphatic rings. The highest BCUT2D eigenvalue weighted by atomic mass is 15.3. The monoisotopic (exact) mass is 250 g/mol. The first-order valence-corrected chi connectivity index (χ1v) is 7.05. The maximum atomic E-state index is 4.58. The van der Waals surface area contributed by atoms with Crippen LogP contribution in [-0.4, -0.2) is 29.6 Å². The summed E-state index contributed by atoms with van der Waals surface area (Å²) in [5, 5.41) is 3.39. The highest BCUT2D eigenvalue weighted by molar-refractivity contribution is 5.43. The molecule has 1 rings (SSSR count). The molecule has 1 N–H and O–H groups in total. The number of nitrogens with zero attached hydrogens (tertiary/aromatic N) is 3. The van der Waals surface area contributed by atoms with Gasteiger partial charge >= 0.3 is 0 Å². The number of hydrogen-bond acceptors (Lipinski definition) is 4. The number of nitrogens with one attached hydrogen (secondary N) is 1. The maximum absolute atomic E-state index is 4.58. The molecule has 0 atom stereocenters. The predicted molar refractivity (Wildman–Crippen MR) is 78.3 cm³/mol. The van der Waals surface area contributed by atoms with Crippen LogP contribution in [0.3, 0.4) is 0 Å². The van der Waals surface area contributed by atoms with Crippen LogP contribution in [-0.2, 0) is 0 Å². The maximum Gasteiger partial charge on any atom is 0.227 e. The van der Waals surface area contributed by atoms with Crippen molar-refractivity contribution in [1.82, 2.24) is 9.97 Å². The molecule has 4 nitrogen and oxygen atoms in total. The molecule has 0 unspecified atom stereocenters. The number of aryl methyl sites for hydroxylation is 1. The Kier molecular flexibility index (Phi) is 6.47. The summed E-state index contributed by atoms with van der Waals surface area (Å²) in [5.41, 5.74) is 1.02. The van der Waals surface area contributed by atoms with E-state index in [0.29, 0.717) is 0 Å². The molecule has 0 saturated heterocycles. The van der Waals surface area contributed by atoms with Gasteiger partial charge in [0, 0.05) is 31.4 Å². The third-order valence-electron chi connectivity index (χ3n) is 2.98. The summed E-state index contributed by atoms with van der Waals surface area (Å²) < 4.78 is 0. The van der Waals surface area contributed by atoms with Gasteiger partial charge in [-0.3, -0.25) is 0 Å². The van der Waals surface area contributed by atoms with E-state index in [1.54, 1.807) is 0 Å².